The zero-order chi connectivity index (χ0) is 12.2. The number of thioether (sulfide) groups is 1. The van der Waals surface area contributed by atoms with Gasteiger partial charge in [0.2, 0.25) is 0 Å². The highest BCUT2D eigenvalue weighted by Crippen LogP contribution is 2.19. The van der Waals surface area contributed by atoms with Gasteiger partial charge in [0, 0.05) is 22.7 Å². The van der Waals surface area contributed by atoms with E-state index < -0.39 is 11.6 Å². The molecular formula is C12H17F2NS. The number of hydrogen-bond donors (Lipinski definition) is 1. The fraction of sp³-hybridized carbons (Fsp3) is 0.500. The molecule has 0 aliphatic carbocycles. The van der Waals surface area contributed by atoms with Gasteiger partial charge < -0.3 is 5.32 Å². The first-order valence-corrected chi connectivity index (χ1v) is 6.20. The topological polar surface area (TPSA) is 12.0 Å². The molecule has 16 heavy (non-hydrogen) atoms. The molecule has 1 aromatic carbocycles. The minimum absolute atomic E-state index is 0.0919. The fourth-order valence-electron chi connectivity index (χ4n) is 1.16. The van der Waals surface area contributed by atoms with E-state index >= 15 is 0 Å². The summed E-state index contributed by atoms with van der Waals surface area (Å²) in [5.41, 5.74) is 0.0919. The molecule has 90 valence electrons. The maximum absolute atomic E-state index is 12.9. The lowest BCUT2D eigenvalue weighted by molar-refractivity contribution is 0.441. The average Bonchev–Trinajstić information content (AvgIpc) is 2.17. The van der Waals surface area contributed by atoms with Crippen LogP contribution in [0, 0.1) is 11.6 Å². The van der Waals surface area contributed by atoms with Crippen LogP contribution in [0.4, 0.5) is 8.78 Å². The standard InChI is InChI=1S/C12H17F2NS/c1-12(2,3)15-6-7-16-9-4-5-10(13)11(14)8-9/h4-5,8,15H,6-7H2,1-3H3. The largest absolute Gasteiger partial charge is 0.311 e. The third kappa shape index (κ3) is 4.94. The Kier molecular flexibility index (Phi) is 4.74. The average molecular weight is 245 g/mol. The monoisotopic (exact) mass is 245 g/mol. The molecule has 0 aliphatic rings. The summed E-state index contributed by atoms with van der Waals surface area (Å²) in [6, 6.07) is 3.99. The van der Waals surface area contributed by atoms with Crippen molar-refractivity contribution >= 4 is 11.8 Å². The fourth-order valence-corrected chi connectivity index (χ4v) is 1.95. The quantitative estimate of drug-likeness (QED) is 0.644. The predicted molar refractivity (Wildman–Crippen MR) is 64.8 cm³/mol. The molecule has 0 amide bonds. The Balaban J connectivity index is 2.35. The third-order valence-electron chi connectivity index (χ3n) is 1.92. The number of benzene rings is 1. The molecular weight excluding hydrogens is 228 g/mol. The maximum atomic E-state index is 12.9. The van der Waals surface area contributed by atoms with Crippen LogP contribution < -0.4 is 5.32 Å². The van der Waals surface area contributed by atoms with Gasteiger partial charge in [-0.3, -0.25) is 0 Å². The second kappa shape index (κ2) is 5.64. The Bertz CT molecular complexity index is 347. The van der Waals surface area contributed by atoms with Gasteiger partial charge in [-0.15, -0.1) is 11.8 Å². The van der Waals surface area contributed by atoms with E-state index in [2.05, 4.69) is 26.1 Å². The second-order valence-electron chi connectivity index (χ2n) is 4.60. The lowest BCUT2D eigenvalue weighted by atomic mass is 10.1. The molecule has 4 heteroatoms. The van der Waals surface area contributed by atoms with E-state index in [-0.39, 0.29) is 5.54 Å². The van der Waals surface area contributed by atoms with E-state index in [0.717, 1.165) is 23.3 Å². The molecule has 0 saturated heterocycles. The van der Waals surface area contributed by atoms with E-state index in [0.29, 0.717) is 0 Å². The maximum Gasteiger partial charge on any atom is 0.159 e. The molecule has 0 fully saturated rings. The van der Waals surface area contributed by atoms with Crippen molar-refractivity contribution in [3.05, 3.63) is 29.8 Å². The van der Waals surface area contributed by atoms with Crippen molar-refractivity contribution in [2.45, 2.75) is 31.2 Å². The summed E-state index contributed by atoms with van der Waals surface area (Å²) >= 11 is 1.51. The van der Waals surface area contributed by atoms with E-state index in [9.17, 15) is 8.78 Å². The van der Waals surface area contributed by atoms with Gasteiger partial charge in [0.15, 0.2) is 11.6 Å². The van der Waals surface area contributed by atoms with Crippen LogP contribution in [-0.4, -0.2) is 17.8 Å². The molecule has 0 saturated carbocycles. The number of hydrogen-bond acceptors (Lipinski definition) is 2. The van der Waals surface area contributed by atoms with Gasteiger partial charge in [-0.25, -0.2) is 8.78 Å². The Hall–Kier alpha value is -0.610. The van der Waals surface area contributed by atoms with Crippen LogP contribution in [0.15, 0.2) is 23.1 Å². The molecule has 0 heterocycles. The van der Waals surface area contributed by atoms with Crippen LogP contribution in [0.25, 0.3) is 0 Å². The Morgan fingerprint density at radius 2 is 1.88 bits per heavy atom. The smallest absolute Gasteiger partial charge is 0.159 e. The van der Waals surface area contributed by atoms with Crippen molar-refractivity contribution < 1.29 is 8.78 Å². The number of halogens is 2. The van der Waals surface area contributed by atoms with Crippen molar-refractivity contribution in [1.29, 1.82) is 0 Å². The van der Waals surface area contributed by atoms with Crippen molar-refractivity contribution in [2.24, 2.45) is 0 Å². The highest BCUT2D eigenvalue weighted by atomic mass is 32.2. The SMILES string of the molecule is CC(C)(C)NCCSc1ccc(F)c(F)c1. The first-order valence-electron chi connectivity index (χ1n) is 5.21. The molecule has 1 aromatic rings. The summed E-state index contributed by atoms with van der Waals surface area (Å²) in [7, 11) is 0. The van der Waals surface area contributed by atoms with Gasteiger partial charge in [0.05, 0.1) is 0 Å². The van der Waals surface area contributed by atoms with Gasteiger partial charge in [-0.1, -0.05) is 0 Å². The Labute approximate surface area is 99.6 Å². The summed E-state index contributed by atoms with van der Waals surface area (Å²) in [6.07, 6.45) is 0. The molecule has 0 aliphatic heterocycles. The van der Waals surface area contributed by atoms with Gasteiger partial charge in [0.25, 0.3) is 0 Å². The van der Waals surface area contributed by atoms with Gasteiger partial charge in [0.1, 0.15) is 0 Å². The summed E-state index contributed by atoms with van der Waals surface area (Å²) in [5.74, 6) is -0.742. The van der Waals surface area contributed by atoms with Crippen LogP contribution >= 0.6 is 11.8 Å². The van der Waals surface area contributed by atoms with Crippen molar-refractivity contribution in [1.82, 2.24) is 5.32 Å². The zero-order valence-electron chi connectivity index (χ0n) is 9.81. The molecule has 0 bridgehead atoms. The van der Waals surface area contributed by atoms with Crippen LogP contribution in [0.1, 0.15) is 20.8 Å². The van der Waals surface area contributed by atoms with Crippen molar-refractivity contribution in [3.63, 3.8) is 0 Å². The Morgan fingerprint density at radius 1 is 1.19 bits per heavy atom. The summed E-state index contributed by atoms with van der Waals surface area (Å²) in [6.45, 7) is 7.12. The minimum Gasteiger partial charge on any atom is -0.311 e. The second-order valence-corrected chi connectivity index (χ2v) is 5.77. The van der Waals surface area contributed by atoms with E-state index in [1.165, 1.54) is 17.8 Å². The number of rotatable bonds is 4. The van der Waals surface area contributed by atoms with Crippen LogP contribution in [0.2, 0.25) is 0 Å². The van der Waals surface area contributed by atoms with E-state index in [1.807, 2.05) is 0 Å². The normalized spacial score (nSPS) is 11.8. The molecule has 1 nitrogen and oxygen atoms in total. The molecule has 0 aromatic heterocycles. The van der Waals surface area contributed by atoms with Crippen LogP contribution in [-0.2, 0) is 0 Å². The summed E-state index contributed by atoms with van der Waals surface area (Å²) in [5, 5.41) is 3.33. The highest BCUT2D eigenvalue weighted by Gasteiger charge is 2.08. The molecule has 0 atom stereocenters. The van der Waals surface area contributed by atoms with Gasteiger partial charge >= 0.3 is 0 Å². The lowest BCUT2D eigenvalue weighted by Crippen LogP contribution is -2.37. The first-order chi connectivity index (χ1) is 7.38. The molecule has 0 unspecified atom stereocenters. The van der Waals surface area contributed by atoms with E-state index in [1.54, 1.807) is 6.07 Å². The van der Waals surface area contributed by atoms with Crippen LogP contribution in [0.3, 0.4) is 0 Å². The zero-order valence-corrected chi connectivity index (χ0v) is 10.6. The third-order valence-corrected chi connectivity index (χ3v) is 2.91. The highest BCUT2D eigenvalue weighted by molar-refractivity contribution is 7.99. The summed E-state index contributed by atoms with van der Waals surface area (Å²) in [4.78, 5) is 0.759. The van der Waals surface area contributed by atoms with Crippen molar-refractivity contribution in [3.8, 4) is 0 Å². The molecule has 0 spiro atoms. The van der Waals surface area contributed by atoms with Crippen molar-refractivity contribution in [2.75, 3.05) is 12.3 Å². The van der Waals surface area contributed by atoms with Gasteiger partial charge in [-0.2, -0.15) is 0 Å². The lowest BCUT2D eigenvalue weighted by Gasteiger charge is -2.20. The first kappa shape index (κ1) is 13.5. The number of nitrogens with one attached hydrogen (secondary N) is 1. The molecule has 1 rings (SSSR count). The van der Waals surface area contributed by atoms with E-state index in [4.69, 9.17) is 0 Å². The minimum atomic E-state index is -0.794. The molecule has 1 N–H and O–H groups in total. The predicted octanol–water partition coefficient (Wildman–Crippen LogP) is 3.45. The molecule has 0 radical (unpaired) electrons. The van der Waals surface area contributed by atoms with Gasteiger partial charge in [-0.05, 0) is 39.0 Å². The summed E-state index contributed by atoms with van der Waals surface area (Å²) < 4.78 is 25.5. The van der Waals surface area contributed by atoms with Crippen LogP contribution in [0.5, 0.6) is 0 Å². The Morgan fingerprint density at radius 3 is 2.44 bits per heavy atom.